The Kier molecular flexibility index (Phi) is 4.89. The fraction of sp³-hybridized carbons (Fsp3) is 0.0769. The van der Waals surface area contributed by atoms with Gasteiger partial charge < -0.3 is 5.73 Å². The molecule has 2 aromatic heterocycles. The maximum absolute atomic E-state index is 12.2. The van der Waals surface area contributed by atoms with E-state index in [2.05, 4.69) is 35.8 Å². The van der Waals surface area contributed by atoms with Gasteiger partial charge in [0, 0.05) is 6.07 Å². The lowest BCUT2D eigenvalue weighted by Crippen LogP contribution is -2.19. The van der Waals surface area contributed by atoms with Crippen molar-refractivity contribution in [2.45, 2.75) is 6.92 Å². The van der Waals surface area contributed by atoms with Crippen molar-refractivity contribution in [3.8, 4) is 5.82 Å². The highest BCUT2D eigenvalue weighted by Gasteiger charge is 2.21. The Hall–Kier alpha value is -4.76. The van der Waals surface area contributed by atoms with Gasteiger partial charge in [0.15, 0.2) is 5.69 Å². The molecule has 0 radical (unpaired) electrons. The maximum Gasteiger partial charge on any atom is 0.293 e. The zero-order chi connectivity index (χ0) is 21.1. The fourth-order valence-electron chi connectivity index (χ4n) is 2.20. The normalized spacial score (nSPS) is 10.9. The molecule has 0 fully saturated rings. The molecule has 3 aromatic rings. The first-order valence-corrected chi connectivity index (χ1v) is 7.56. The smallest absolute Gasteiger partial charge is 0.293 e. The van der Waals surface area contributed by atoms with Crippen LogP contribution in [0.5, 0.6) is 0 Å². The second-order valence-electron chi connectivity index (χ2n) is 5.36. The Morgan fingerprint density at radius 3 is 2.69 bits per heavy atom. The Morgan fingerprint density at radius 2 is 2.07 bits per heavy atom. The van der Waals surface area contributed by atoms with Crippen LogP contribution in [0.2, 0.25) is 0 Å². The number of benzene rings is 1. The molecule has 148 valence electrons. The number of anilines is 1. The first kappa shape index (κ1) is 19.0. The summed E-state index contributed by atoms with van der Waals surface area (Å²) in [5.74, 6) is -0.794. The Bertz CT molecular complexity index is 1150. The zero-order valence-electron chi connectivity index (χ0n) is 14.4. The number of rotatable bonds is 6. The van der Waals surface area contributed by atoms with Gasteiger partial charge in [0.25, 0.3) is 17.3 Å². The zero-order valence-corrected chi connectivity index (χ0v) is 14.4. The van der Waals surface area contributed by atoms with Gasteiger partial charge in [0.05, 0.1) is 33.4 Å². The molecule has 3 rings (SSSR count). The number of nitrogens with one attached hydrogen (secondary N) is 1. The molecule has 0 saturated carbocycles. The van der Waals surface area contributed by atoms with Crippen LogP contribution in [0, 0.1) is 27.2 Å². The summed E-state index contributed by atoms with van der Waals surface area (Å²) in [5, 5.41) is 39.8. The highest BCUT2D eigenvalue weighted by atomic mass is 16.6. The number of nitrogen functional groups attached to an aromatic ring is 1. The van der Waals surface area contributed by atoms with Crippen LogP contribution in [0.1, 0.15) is 21.7 Å². The molecular weight excluding hydrogens is 392 g/mol. The van der Waals surface area contributed by atoms with Crippen molar-refractivity contribution >= 4 is 29.3 Å². The minimum absolute atomic E-state index is 0.0408. The van der Waals surface area contributed by atoms with E-state index in [4.69, 9.17) is 5.73 Å². The van der Waals surface area contributed by atoms with Crippen molar-refractivity contribution in [3.05, 3.63) is 55.4 Å². The average molecular weight is 402 g/mol. The van der Waals surface area contributed by atoms with E-state index in [-0.39, 0.29) is 28.6 Å². The van der Waals surface area contributed by atoms with Crippen LogP contribution in [-0.4, -0.2) is 47.3 Å². The van der Waals surface area contributed by atoms with Crippen LogP contribution < -0.4 is 11.2 Å². The predicted octanol–water partition coefficient (Wildman–Crippen LogP) is 0.121. The molecule has 29 heavy (non-hydrogen) atoms. The average Bonchev–Trinajstić information content (AvgIpc) is 3.26. The summed E-state index contributed by atoms with van der Waals surface area (Å²) in [5.41, 5.74) is 6.77. The molecule has 0 aliphatic rings. The number of nitrogens with zero attached hydrogens (tertiary/aromatic N) is 8. The van der Waals surface area contributed by atoms with Crippen LogP contribution >= 0.6 is 0 Å². The largest absolute Gasteiger partial charge is 0.378 e. The van der Waals surface area contributed by atoms with E-state index in [9.17, 15) is 25.0 Å². The SMILES string of the molecule is Cc1c(C(=O)N/N=C/c2ccc([N+](=O)[O-])cc2[N+](=O)[O-])nnn1-c1nonc1N. The highest BCUT2D eigenvalue weighted by molar-refractivity contribution is 5.94. The molecule has 0 atom stereocenters. The van der Waals surface area contributed by atoms with Crippen molar-refractivity contribution in [2.24, 2.45) is 5.10 Å². The summed E-state index contributed by atoms with van der Waals surface area (Å²) in [4.78, 5) is 32.5. The first-order valence-electron chi connectivity index (χ1n) is 7.56. The maximum atomic E-state index is 12.2. The number of amides is 1. The third kappa shape index (κ3) is 3.70. The van der Waals surface area contributed by atoms with E-state index < -0.39 is 27.1 Å². The number of hydrazone groups is 1. The minimum atomic E-state index is -0.803. The number of nitrogens with two attached hydrogens (primary N) is 1. The van der Waals surface area contributed by atoms with E-state index >= 15 is 0 Å². The monoisotopic (exact) mass is 402 g/mol. The Labute approximate surface area is 159 Å². The Morgan fingerprint density at radius 1 is 1.31 bits per heavy atom. The van der Waals surface area contributed by atoms with Gasteiger partial charge in [-0.25, -0.2) is 10.1 Å². The number of carbonyl (C=O) groups is 1. The number of hydrogen-bond acceptors (Lipinski definition) is 12. The molecule has 1 amide bonds. The van der Waals surface area contributed by atoms with Gasteiger partial charge in [-0.1, -0.05) is 5.21 Å². The summed E-state index contributed by atoms with van der Waals surface area (Å²) in [6.07, 6.45) is 0.971. The van der Waals surface area contributed by atoms with Crippen molar-refractivity contribution < 1.29 is 19.3 Å². The van der Waals surface area contributed by atoms with E-state index in [1.807, 2.05) is 0 Å². The van der Waals surface area contributed by atoms with Gasteiger partial charge in [-0.2, -0.15) is 9.78 Å². The molecule has 16 heteroatoms. The lowest BCUT2D eigenvalue weighted by molar-refractivity contribution is -0.394. The number of hydrogen-bond donors (Lipinski definition) is 2. The molecule has 0 aliphatic heterocycles. The number of nitro benzene ring substituents is 2. The van der Waals surface area contributed by atoms with E-state index in [0.29, 0.717) is 0 Å². The van der Waals surface area contributed by atoms with Gasteiger partial charge in [-0.3, -0.25) is 25.0 Å². The van der Waals surface area contributed by atoms with Crippen LogP contribution in [0.4, 0.5) is 17.2 Å². The fourth-order valence-corrected chi connectivity index (χ4v) is 2.20. The van der Waals surface area contributed by atoms with Crippen molar-refractivity contribution in [1.82, 2.24) is 30.7 Å². The molecule has 0 aliphatic carbocycles. The summed E-state index contributed by atoms with van der Waals surface area (Å²) in [6, 6.07) is 2.99. The van der Waals surface area contributed by atoms with E-state index in [0.717, 1.165) is 29.1 Å². The lowest BCUT2D eigenvalue weighted by Gasteiger charge is -2.00. The lowest BCUT2D eigenvalue weighted by atomic mass is 10.2. The van der Waals surface area contributed by atoms with Crippen molar-refractivity contribution in [3.63, 3.8) is 0 Å². The molecule has 0 saturated heterocycles. The predicted molar refractivity (Wildman–Crippen MR) is 93.2 cm³/mol. The van der Waals surface area contributed by atoms with Crippen LogP contribution in [0.25, 0.3) is 5.82 Å². The quantitative estimate of drug-likeness (QED) is 0.320. The second-order valence-corrected chi connectivity index (χ2v) is 5.36. The second kappa shape index (κ2) is 7.47. The van der Waals surface area contributed by atoms with E-state index in [1.54, 1.807) is 0 Å². The summed E-state index contributed by atoms with van der Waals surface area (Å²) in [6.45, 7) is 1.51. The highest BCUT2D eigenvalue weighted by Crippen LogP contribution is 2.23. The van der Waals surface area contributed by atoms with Crippen LogP contribution in [0.3, 0.4) is 0 Å². The van der Waals surface area contributed by atoms with Crippen LogP contribution in [-0.2, 0) is 0 Å². The van der Waals surface area contributed by atoms with Crippen molar-refractivity contribution in [2.75, 3.05) is 5.73 Å². The molecule has 0 spiro atoms. The summed E-state index contributed by atoms with van der Waals surface area (Å²) in [7, 11) is 0. The van der Waals surface area contributed by atoms with Crippen molar-refractivity contribution in [1.29, 1.82) is 0 Å². The van der Waals surface area contributed by atoms with Crippen LogP contribution in [0.15, 0.2) is 27.9 Å². The third-order valence-corrected chi connectivity index (χ3v) is 3.60. The van der Waals surface area contributed by atoms with E-state index in [1.165, 1.54) is 6.92 Å². The standard InChI is InChI=1S/C13H10N10O6/c1-6-10(16-20-21(6)12-11(14)18-29-19-12)13(24)17-15-5-7-2-3-8(22(25)26)4-9(7)23(27)28/h2-5H,1H3,(H2,14,18)(H,17,24)/b15-5+. The topological polar surface area (TPSA) is 223 Å². The van der Waals surface area contributed by atoms with Gasteiger partial charge in [-0.15, -0.1) is 5.10 Å². The molecule has 16 nitrogen and oxygen atoms in total. The molecule has 3 N–H and O–H groups in total. The summed E-state index contributed by atoms with van der Waals surface area (Å²) < 4.78 is 5.59. The summed E-state index contributed by atoms with van der Waals surface area (Å²) >= 11 is 0. The van der Waals surface area contributed by atoms with Gasteiger partial charge >= 0.3 is 0 Å². The third-order valence-electron chi connectivity index (χ3n) is 3.60. The number of nitro groups is 2. The molecular formula is C13H10N10O6. The first-order chi connectivity index (χ1) is 13.8. The number of non-ortho nitro benzene ring substituents is 1. The Balaban J connectivity index is 1.79. The number of carbonyl (C=O) groups excluding carboxylic acids is 1. The van der Waals surface area contributed by atoms with Gasteiger partial charge in [0.1, 0.15) is 0 Å². The van der Waals surface area contributed by atoms with Gasteiger partial charge in [-0.05, 0) is 23.3 Å². The molecule has 0 bridgehead atoms. The number of aromatic nitrogens is 5. The minimum Gasteiger partial charge on any atom is -0.378 e. The molecule has 0 unspecified atom stereocenters. The molecule has 1 aromatic carbocycles. The van der Waals surface area contributed by atoms with Gasteiger partial charge in [0.2, 0.25) is 11.6 Å². The molecule has 2 heterocycles.